The first-order valence-corrected chi connectivity index (χ1v) is 9.59. The molecular formula is C22H24N2O5. The number of rotatable bonds is 9. The summed E-state index contributed by atoms with van der Waals surface area (Å²) in [4.78, 5) is 37.2. The highest BCUT2D eigenvalue weighted by atomic mass is 16.4. The van der Waals surface area contributed by atoms with Crippen molar-refractivity contribution in [3.8, 4) is 0 Å². The van der Waals surface area contributed by atoms with Crippen molar-refractivity contribution < 1.29 is 24.6 Å². The smallest absolute Gasteiger partial charge is 0.320 e. The van der Waals surface area contributed by atoms with Crippen LogP contribution in [-0.4, -0.2) is 46.7 Å². The maximum Gasteiger partial charge on any atom is 0.320 e. The summed E-state index contributed by atoms with van der Waals surface area (Å²) >= 11 is 0. The van der Waals surface area contributed by atoms with E-state index in [0.29, 0.717) is 24.9 Å². The molecule has 1 aliphatic heterocycles. The number of anilines is 1. The number of carboxylic acid groups (broad SMARTS) is 2. The van der Waals surface area contributed by atoms with E-state index in [1.54, 1.807) is 12.1 Å². The van der Waals surface area contributed by atoms with E-state index >= 15 is 0 Å². The Labute approximate surface area is 169 Å². The van der Waals surface area contributed by atoms with Gasteiger partial charge in [-0.15, -0.1) is 0 Å². The summed E-state index contributed by atoms with van der Waals surface area (Å²) < 4.78 is 0. The SMILES string of the molecule is O=C(O)CCN1C(=O)C(NC(CCc2ccccc2)C(=O)O)Cc2ccccc21. The molecule has 1 heterocycles. The van der Waals surface area contributed by atoms with Crippen LogP contribution in [0.5, 0.6) is 0 Å². The van der Waals surface area contributed by atoms with E-state index in [1.807, 2.05) is 42.5 Å². The molecule has 0 bridgehead atoms. The van der Waals surface area contributed by atoms with Crippen LogP contribution in [0.1, 0.15) is 24.0 Å². The Balaban J connectivity index is 1.74. The fourth-order valence-corrected chi connectivity index (χ4v) is 3.61. The third-order valence-electron chi connectivity index (χ3n) is 5.08. The topological polar surface area (TPSA) is 107 Å². The van der Waals surface area contributed by atoms with Crippen LogP contribution >= 0.6 is 0 Å². The van der Waals surface area contributed by atoms with Gasteiger partial charge in [0.25, 0.3) is 0 Å². The minimum absolute atomic E-state index is 0.0467. The zero-order valence-corrected chi connectivity index (χ0v) is 16.0. The van der Waals surface area contributed by atoms with Crippen molar-refractivity contribution in [3.05, 3.63) is 65.7 Å². The molecular weight excluding hydrogens is 372 g/mol. The number of carbonyl (C=O) groups excluding carboxylic acids is 1. The molecule has 2 aromatic carbocycles. The Morgan fingerprint density at radius 2 is 1.76 bits per heavy atom. The molecule has 0 aromatic heterocycles. The molecule has 3 rings (SSSR count). The Morgan fingerprint density at radius 3 is 2.45 bits per heavy atom. The first-order valence-electron chi connectivity index (χ1n) is 9.59. The van der Waals surface area contributed by atoms with Crippen molar-refractivity contribution in [1.82, 2.24) is 5.32 Å². The quantitative estimate of drug-likeness (QED) is 0.599. The van der Waals surface area contributed by atoms with Gasteiger partial charge in [-0.3, -0.25) is 19.7 Å². The number of carboxylic acids is 2. The molecule has 2 aromatic rings. The fraction of sp³-hybridized carbons (Fsp3) is 0.318. The molecule has 1 amide bonds. The average molecular weight is 396 g/mol. The summed E-state index contributed by atoms with van der Waals surface area (Å²) in [6, 6.07) is 15.3. The lowest BCUT2D eigenvalue weighted by molar-refractivity contribution is -0.140. The molecule has 7 nitrogen and oxygen atoms in total. The van der Waals surface area contributed by atoms with Crippen molar-refractivity contribution in [2.45, 2.75) is 37.8 Å². The molecule has 0 spiro atoms. The van der Waals surface area contributed by atoms with Gasteiger partial charge in [-0.05, 0) is 36.5 Å². The van der Waals surface area contributed by atoms with Crippen molar-refractivity contribution in [3.63, 3.8) is 0 Å². The standard InChI is InChI=1S/C22H24N2O5/c25-20(26)12-13-24-19-9-5-4-8-16(19)14-18(21(24)27)23-17(22(28)29)11-10-15-6-2-1-3-7-15/h1-9,17-18,23H,10-14H2,(H,25,26)(H,28,29). The van der Waals surface area contributed by atoms with Gasteiger partial charge in [0.1, 0.15) is 6.04 Å². The highest BCUT2D eigenvalue weighted by Gasteiger charge is 2.35. The molecule has 0 aliphatic carbocycles. The van der Waals surface area contributed by atoms with Gasteiger partial charge in [0.15, 0.2) is 0 Å². The number of amides is 1. The molecule has 2 atom stereocenters. The minimum Gasteiger partial charge on any atom is -0.481 e. The summed E-state index contributed by atoms with van der Waals surface area (Å²) in [5, 5.41) is 21.6. The molecule has 0 saturated carbocycles. The summed E-state index contributed by atoms with van der Waals surface area (Å²) in [5.74, 6) is -2.29. The van der Waals surface area contributed by atoms with E-state index in [4.69, 9.17) is 5.11 Å². The normalized spacial score (nSPS) is 16.9. The van der Waals surface area contributed by atoms with Gasteiger partial charge in [0, 0.05) is 12.2 Å². The number of hydrogen-bond donors (Lipinski definition) is 3. The summed E-state index contributed by atoms with van der Waals surface area (Å²) in [5.41, 5.74) is 2.61. The number of aryl methyl sites for hydroxylation is 1. The van der Waals surface area contributed by atoms with Gasteiger partial charge < -0.3 is 15.1 Å². The number of nitrogens with one attached hydrogen (secondary N) is 1. The largest absolute Gasteiger partial charge is 0.481 e. The molecule has 152 valence electrons. The van der Waals surface area contributed by atoms with E-state index in [1.165, 1.54) is 4.90 Å². The third-order valence-corrected chi connectivity index (χ3v) is 5.08. The van der Waals surface area contributed by atoms with Gasteiger partial charge in [-0.1, -0.05) is 48.5 Å². The molecule has 7 heteroatoms. The monoisotopic (exact) mass is 396 g/mol. The van der Waals surface area contributed by atoms with Gasteiger partial charge in [0.2, 0.25) is 5.91 Å². The van der Waals surface area contributed by atoms with Crippen molar-refractivity contribution in [1.29, 1.82) is 0 Å². The molecule has 0 saturated heterocycles. The average Bonchev–Trinajstić information content (AvgIpc) is 2.71. The summed E-state index contributed by atoms with van der Waals surface area (Å²) in [6.07, 6.45) is 1.11. The molecule has 0 radical (unpaired) electrons. The van der Waals surface area contributed by atoms with E-state index in [-0.39, 0.29) is 18.9 Å². The van der Waals surface area contributed by atoms with Gasteiger partial charge in [0.05, 0.1) is 12.5 Å². The van der Waals surface area contributed by atoms with Crippen molar-refractivity contribution in [2.75, 3.05) is 11.4 Å². The maximum absolute atomic E-state index is 13.0. The third kappa shape index (κ3) is 5.20. The van der Waals surface area contributed by atoms with E-state index in [2.05, 4.69) is 5.32 Å². The zero-order valence-electron chi connectivity index (χ0n) is 16.0. The van der Waals surface area contributed by atoms with Crippen LogP contribution in [0.2, 0.25) is 0 Å². The van der Waals surface area contributed by atoms with Crippen LogP contribution in [0, 0.1) is 0 Å². The van der Waals surface area contributed by atoms with Crippen LogP contribution in [0.15, 0.2) is 54.6 Å². The molecule has 3 N–H and O–H groups in total. The van der Waals surface area contributed by atoms with Crippen LogP contribution in [-0.2, 0) is 27.2 Å². The molecule has 2 unspecified atom stereocenters. The van der Waals surface area contributed by atoms with Gasteiger partial charge >= 0.3 is 11.9 Å². The highest BCUT2D eigenvalue weighted by Crippen LogP contribution is 2.28. The maximum atomic E-state index is 13.0. The molecule has 0 fully saturated rings. The lowest BCUT2D eigenvalue weighted by Gasteiger charge is -2.35. The molecule has 29 heavy (non-hydrogen) atoms. The highest BCUT2D eigenvalue weighted by molar-refractivity contribution is 6.00. The molecule has 1 aliphatic rings. The Hall–Kier alpha value is -3.19. The van der Waals surface area contributed by atoms with E-state index in [9.17, 15) is 19.5 Å². The van der Waals surface area contributed by atoms with Crippen molar-refractivity contribution in [2.24, 2.45) is 0 Å². The first-order chi connectivity index (χ1) is 14.0. The second-order valence-corrected chi connectivity index (χ2v) is 7.10. The van der Waals surface area contributed by atoms with Crippen LogP contribution in [0.25, 0.3) is 0 Å². The zero-order chi connectivity index (χ0) is 20.8. The number of benzene rings is 2. The van der Waals surface area contributed by atoms with Crippen LogP contribution in [0.3, 0.4) is 0 Å². The number of nitrogens with zero attached hydrogens (tertiary/aromatic N) is 1. The second-order valence-electron chi connectivity index (χ2n) is 7.10. The van der Waals surface area contributed by atoms with E-state index in [0.717, 1.165) is 11.1 Å². The fourth-order valence-electron chi connectivity index (χ4n) is 3.61. The Kier molecular flexibility index (Phi) is 6.61. The Bertz CT molecular complexity index is 884. The van der Waals surface area contributed by atoms with E-state index < -0.39 is 24.0 Å². The minimum atomic E-state index is -1.01. The van der Waals surface area contributed by atoms with Crippen molar-refractivity contribution >= 4 is 23.5 Å². The van der Waals surface area contributed by atoms with Gasteiger partial charge in [-0.2, -0.15) is 0 Å². The number of carbonyl (C=O) groups is 3. The summed E-state index contributed by atoms with van der Waals surface area (Å²) in [7, 11) is 0. The van der Waals surface area contributed by atoms with Crippen LogP contribution in [0.4, 0.5) is 5.69 Å². The first kappa shape index (κ1) is 20.5. The summed E-state index contributed by atoms with van der Waals surface area (Å²) in [6.45, 7) is 0.0467. The number of aliphatic carboxylic acids is 2. The predicted molar refractivity (Wildman–Crippen MR) is 108 cm³/mol. The Morgan fingerprint density at radius 1 is 1.07 bits per heavy atom. The lowest BCUT2D eigenvalue weighted by atomic mass is 9.95. The number of hydrogen-bond acceptors (Lipinski definition) is 4. The second kappa shape index (κ2) is 9.34. The van der Waals surface area contributed by atoms with Crippen LogP contribution < -0.4 is 10.2 Å². The number of para-hydroxylation sites is 1. The van der Waals surface area contributed by atoms with Gasteiger partial charge in [-0.25, -0.2) is 0 Å². The predicted octanol–water partition coefficient (Wildman–Crippen LogP) is 2.09. The number of fused-ring (bicyclic) bond motifs is 1. The lowest BCUT2D eigenvalue weighted by Crippen LogP contribution is -2.56.